The van der Waals surface area contributed by atoms with Crippen LogP contribution in [0.1, 0.15) is 24.8 Å². The third kappa shape index (κ3) is 4.23. The van der Waals surface area contributed by atoms with E-state index in [9.17, 15) is 4.79 Å². The number of nitrogens with one attached hydrogen (secondary N) is 1. The molecule has 1 heterocycles. The van der Waals surface area contributed by atoms with Gasteiger partial charge in [0, 0.05) is 25.0 Å². The van der Waals surface area contributed by atoms with Crippen molar-refractivity contribution in [3.63, 3.8) is 0 Å². The summed E-state index contributed by atoms with van der Waals surface area (Å²) in [6.45, 7) is 1.61. The first-order chi connectivity index (χ1) is 9.63. The zero-order chi connectivity index (χ0) is 14.4. The lowest BCUT2D eigenvalue weighted by Gasteiger charge is -2.41. The number of aliphatic hydroxyl groups excluding tert-OH is 1. The number of hydrogen-bond donors (Lipinski definition) is 3. The van der Waals surface area contributed by atoms with Crippen molar-refractivity contribution in [3.8, 4) is 0 Å². The summed E-state index contributed by atoms with van der Waals surface area (Å²) in [6.07, 6.45) is 2.75. The van der Waals surface area contributed by atoms with Gasteiger partial charge in [-0.05, 0) is 24.8 Å². The highest BCUT2D eigenvalue weighted by atomic mass is 32.1. The van der Waals surface area contributed by atoms with E-state index in [1.807, 2.05) is 22.5 Å². The number of thiol groups is 1. The van der Waals surface area contributed by atoms with E-state index in [0.717, 1.165) is 32.4 Å². The Morgan fingerprint density at radius 2 is 1.95 bits per heavy atom. The molecular formula is C15H22N2O2S. The quantitative estimate of drug-likeness (QED) is 0.720. The van der Waals surface area contributed by atoms with Crippen LogP contribution in [-0.2, 0) is 11.2 Å². The van der Waals surface area contributed by atoms with E-state index in [-0.39, 0.29) is 24.5 Å². The van der Waals surface area contributed by atoms with Crippen LogP contribution in [0.25, 0.3) is 0 Å². The second-order valence-corrected chi connectivity index (χ2v) is 5.98. The molecule has 1 aromatic rings. The maximum absolute atomic E-state index is 11.9. The van der Waals surface area contributed by atoms with Gasteiger partial charge in [-0.25, -0.2) is 0 Å². The van der Waals surface area contributed by atoms with E-state index in [4.69, 9.17) is 5.11 Å². The fourth-order valence-electron chi connectivity index (χ4n) is 2.72. The molecular weight excluding hydrogens is 272 g/mol. The molecule has 1 saturated heterocycles. The lowest BCUT2D eigenvalue weighted by molar-refractivity contribution is -0.124. The molecule has 0 radical (unpaired) electrons. The molecule has 0 unspecified atom stereocenters. The normalized spacial score (nSPS) is 18.7. The smallest absolute Gasteiger partial charge is 0.222 e. The summed E-state index contributed by atoms with van der Waals surface area (Å²) in [5.74, 6) is -0.0731. The molecule has 4 nitrogen and oxygen atoms in total. The fourth-order valence-corrected chi connectivity index (χ4v) is 2.92. The topological polar surface area (TPSA) is 52.6 Å². The van der Waals surface area contributed by atoms with Crippen molar-refractivity contribution in [2.45, 2.75) is 31.2 Å². The average Bonchev–Trinajstić information content (AvgIpc) is 2.44. The third-order valence-corrected chi connectivity index (χ3v) is 4.23. The van der Waals surface area contributed by atoms with Crippen molar-refractivity contribution >= 4 is 18.7 Å². The average molecular weight is 294 g/mol. The lowest BCUT2D eigenvalue weighted by atomic mass is 9.82. The predicted molar refractivity (Wildman–Crippen MR) is 82.5 cm³/mol. The number of benzene rings is 1. The molecule has 0 aromatic heterocycles. The Bertz CT molecular complexity index is 431. The van der Waals surface area contributed by atoms with Gasteiger partial charge in [-0.15, -0.1) is 0 Å². The largest absolute Gasteiger partial charge is 0.396 e. The van der Waals surface area contributed by atoms with E-state index in [0.29, 0.717) is 0 Å². The van der Waals surface area contributed by atoms with Gasteiger partial charge in [0.05, 0.1) is 6.61 Å². The third-order valence-electron chi connectivity index (χ3n) is 3.83. The van der Waals surface area contributed by atoms with Crippen LogP contribution in [0.15, 0.2) is 30.3 Å². The van der Waals surface area contributed by atoms with Crippen LogP contribution < -0.4 is 5.32 Å². The van der Waals surface area contributed by atoms with Crippen molar-refractivity contribution in [3.05, 3.63) is 35.9 Å². The summed E-state index contributed by atoms with van der Waals surface area (Å²) in [6, 6.07) is 10.2. The molecule has 2 rings (SSSR count). The summed E-state index contributed by atoms with van der Waals surface area (Å²) in [5.41, 5.74) is 1.01. The minimum atomic E-state index is -0.215. The van der Waals surface area contributed by atoms with Gasteiger partial charge in [0.1, 0.15) is 0 Å². The molecule has 1 aliphatic heterocycles. The first kappa shape index (κ1) is 15.4. The monoisotopic (exact) mass is 294 g/mol. The number of aliphatic hydroxyl groups is 1. The van der Waals surface area contributed by atoms with Crippen molar-refractivity contribution in [2.75, 3.05) is 19.7 Å². The molecule has 20 heavy (non-hydrogen) atoms. The van der Waals surface area contributed by atoms with E-state index in [1.54, 1.807) is 0 Å². The Labute approximate surface area is 125 Å². The van der Waals surface area contributed by atoms with Gasteiger partial charge in [-0.3, -0.25) is 9.10 Å². The molecule has 0 spiro atoms. The van der Waals surface area contributed by atoms with Gasteiger partial charge >= 0.3 is 0 Å². The molecule has 0 atom stereocenters. The summed E-state index contributed by atoms with van der Waals surface area (Å²) in [5, 5.41) is 12.0. The van der Waals surface area contributed by atoms with E-state index in [1.165, 1.54) is 5.56 Å². The highest BCUT2D eigenvalue weighted by Crippen LogP contribution is 2.27. The molecule has 0 aliphatic carbocycles. The van der Waals surface area contributed by atoms with Gasteiger partial charge in [0.2, 0.25) is 5.91 Å². The maximum Gasteiger partial charge on any atom is 0.222 e. The van der Waals surface area contributed by atoms with Crippen LogP contribution in [0.4, 0.5) is 0 Å². The fraction of sp³-hybridized carbons (Fsp3) is 0.533. The summed E-state index contributed by atoms with van der Waals surface area (Å²) in [7, 11) is 0. The molecule has 0 bridgehead atoms. The molecule has 0 saturated carbocycles. The highest BCUT2D eigenvalue weighted by molar-refractivity contribution is 7.77. The molecule has 1 fully saturated rings. The van der Waals surface area contributed by atoms with Crippen LogP contribution in [0, 0.1) is 0 Å². The standard InChI is InChI=1S/C15H22N2O2S/c18-11-6-14(19)16-15(7-9-17(20)10-8-15)12-13-4-2-1-3-5-13/h1-5,18,20H,6-12H2,(H,16,19). The highest BCUT2D eigenvalue weighted by Gasteiger charge is 2.35. The molecule has 1 aliphatic rings. The molecule has 1 amide bonds. The minimum absolute atomic E-state index is 0.0731. The van der Waals surface area contributed by atoms with E-state index < -0.39 is 0 Å². The van der Waals surface area contributed by atoms with Gasteiger partial charge in [0.25, 0.3) is 0 Å². The number of nitrogens with zero attached hydrogens (tertiary/aromatic N) is 1. The molecule has 1 aromatic carbocycles. The Hall–Kier alpha value is -1.04. The van der Waals surface area contributed by atoms with Crippen LogP contribution in [0.3, 0.4) is 0 Å². The van der Waals surface area contributed by atoms with Gasteiger partial charge < -0.3 is 10.4 Å². The summed E-state index contributed by atoms with van der Waals surface area (Å²) >= 11 is 4.38. The second-order valence-electron chi connectivity index (χ2n) is 5.42. The molecule has 2 N–H and O–H groups in total. The number of amides is 1. The van der Waals surface area contributed by atoms with Crippen molar-refractivity contribution in [2.24, 2.45) is 0 Å². The Balaban J connectivity index is 2.09. The van der Waals surface area contributed by atoms with Crippen molar-refractivity contribution in [1.29, 1.82) is 0 Å². The predicted octanol–water partition coefficient (Wildman–Crippen LogP) is 1.41. The van der Waals surface area contributed by atoms with Crippen LogP contribution in [0.5, 0.6) is 0 Å². The number of hydrogen-bond acceptors (Lipinski definition) is 4. The van der Waals surface area contributed by atoms with Gasteiger partial charge in [0.15, 0.2) is 0 Å². The summed E-state index contributed by atoms with van der Waals surface area (Å²) < 4.78 is 1.99. The lowest BCUT2D eigenvalue weighted by Crippen LogP contribution is -2.55. The first-order valence-corrected chi connectivity index (χ1v) is 7.43. The Morgan fingerprint density at radius 1 is 1.30 bits per heavy atom. The first-order valence-electron chi connectivity index (χ1n) is 7.03. The van der Waals surface area contributed by atoms with E-state index in [2.05, 4.69) is 30.3 Å². The van der Waals surface area contributed by atoms with Crippen molar-refractivity contribution in [1.82, 2.24) is 9.62 Å². The number of rotatable bonds is 5. The van der Waals surface area contributed by atoms with Crippen molar-refractivity contribution < 1.29 is 9.90 Å². The molecule has 110 valence electrons. The number of piperidine rings is 1. The zero-order valence-electron chi connectivity index (χ0n) is 11.6. The van der Waals surface area contributed by atoms with E-state index >= 15 is 0 Å². The Morgan fingerprint density at radius 3 is 2.55 bits per heavy atom. The van der Waals surface area contributed by atoms with Crippen LogP contribution in [0.2, 0.25) is 0 Å². The zero-order valence-corrected chi connectivity index (χ0v) is 12.5. The SMILES string of the molecule is O=C(CCO)NC1(Cc2ccccc2)CCN(S)CC1. The van der Waals surface area contributed by atoms with Crippen LogP contribution in [-0.4, -0.2) is 40.6 Å². The number of carbonyl (C=O) groups excluding carboxylic acids is 1. The van der Waals surface area contributed by atoms with Gasteiger partial charge in [-0.2, -0.15) is 0 Å². The Kier molecular flexibility index (Phi) is 5.46. The maximum atomic E-state index is 11.9. The molecule has 5 heteroatoms. The number of carbonyl (C=O) groups is 1. The van der Waals surface area contributed by atoms with Crippen LogP contribution >= 0.6 is 12.8 Å². The second kappa shape index (κ2) is 7.11. The summed E-state index contributed by atoms with van der Waals surface area (Å²) in [4.78, 5) is 11.9. The van der Waals surface area contributed by atoms with Gasteiger partial charge in [-0.1, -0.05) is 43.1 Å². The minimum Gasteiger partial charge on any atom is -0.396 e.